The van der Waals surface area contributed by atoms with E-state index in [2.05, 4.69) is 17.6 Å². The third-order valence-electron chi connectivity index (χ3n) is 3.36. The van der Waals surface area contributed by atoms with E-state index >= 15 is 0 Å². The highest BCUT2D eigenvalue weighted by atomic mass is 32.1. The summed E-state index contributed by atoms with van der Waals surface area (Å²) in [5.41, 5.74) is 2.11. The molecule has 2 aromatic rings. The zero-order valence-electron chi connectivity index (χ0n) is 15.2. The van der Waals surface area contributed by atoms with Gasteiger partial charge in [0.1, 0.15) is 18.1 Å². The van der Waals surface area contributed by atoms with Gasteiger partial charge in [0.15, 0.2) is 5.11 Å². The normalized spacial score (nSPS) is 11.7. The van der Waals surface area contributed by atoms with E-state index in [-0.39, 0.29) is 12.1 Å². The minimum atomic E-state index is 0.0800. The third-order valence-corrected chi connectivity index (χ3v) is 3.58. The van der Waals surface area contributed by atoms with E-state index in [1.807, 2.05) is 69.3 Å². The highest BCUT2D eigenvalue weighted by molar-refractivity contribution is 7.80. The summed E-state index contributed by atoms with van der Waals surface area (Å²) in [5, 5.41) is 6.96. The summed E-state index contributed by atoms with van der Waals surface area (Å²) in [5.74, 6) is 1.68. The van der Waals surface area contributed by atoms with Crippen LogP contribution in [0.3, 0.4) is 0 Å². The second kappa shape index (κ2) is 9.28. The van der Waals surface area contributed by atoms with Gasteiger partial charge in [-0.1, -0.05) is 23.8 Å². The van der Waals surface area contributed by atoms with Crippen molar-refractivity contribution in [3.05, 3.63) is 54.1 Å². The number of benzene rings is 2. The maximum absolute atomic E-state index is 5.77. The van der Waals surface area contributed by atoms with Crippen LogP contribution in [-0.2, 0) is 0 Å². The fourth-order valence-electron chi connectivity index (χ4n) is 2.21. The molecule has 0 aliphatic carbocycles. The molecule has 0 radical (unpaired) electrons. The lowest BCUT2D eigenvalue weighted by Crippen LogP contribution is -2.39. The standard InChI is InChI=1S/C20H26N2O2S/c1-14(2)24-19-7-5-6-17(12-19)22-20(25)21-16(4)13-23-18-10-8-15(3)9-11-18/h5-12,14,16H,13H2,1-4H3,(H2,21,22,25)/t16-/m1/s1. The zero-order chi connectivity index (χ0) is 18.2. The van der Waals surface area contributed by atoms with Crippen LogP contribution >= 0.6 is 12.2 Å². The molecule has 0 heterocycles. The van der Waals surface area contributed by atoms with Crippen LogP contribution in [-0.4, -0.2) is 23.9 Å². The van der Waals surface area contributed by atoms with Crippen molar-refractivity contribution in [3.63, 3.8) is 0 Å². The quantitative estimate of drug-likeness (QED) is 0.712. The molecule has 0 fully saturated rings. The van der Waals surface area contributed by atoms with Gasteiger partial charge in [0.05, 0.1) is 12.1 Å². The lowest BCUT2D eigenvalue weighted by molar-refractivity contribution is 0.242. The van der Waals surface area contributed by atoms with E-state index in [0.717, 1.165) is 17.2 Å². The van der Waals surface area contributed by atoms with E-state index in [1.54, 1.807) is 0 Å². The molecule has 0 saturated heterocycles. The van der Waals surface area contributed by atoms with Gasteiger partial charge in [0.2, 0.25) is 0 Å². The monoisotopic (exact) mass is 358 g/mol. The van der Waals surface area contributed by atoms with Crippen LogP contribution in [0, 0.1) is 6.92 Å². The van der Waals surface area contributed by atoms with Gasteiger partial charge in [-0.25, -0.2) is 0 Å². The molecular formula is C20H26N2O2S. The Balaban J connectivity index is 1.80. The lowest BCUT2D eigenvalue weighted by atomic mass is 10.2. The van der Waals surface area contributed by atoms with Crippen molar-refractivity contribution in [2.75, 3.05) is 11.9 Å². The molecular weight excluding hydrogens is 332 g/mol. The molecule has 2 rings (SSSR count). The van der Waals surface area contributed by atoms with Gasteiger partial charge >= 0.3 is 0 Å². The number of hydrogen-bond acceptors (Lipinski definition) is 3. The Labute approximate surface area is 155 Å². The Morgan fingerprint density at radius 1 is 1.04 bits per heavy atom. The SMILES string of the molecule is Cc1ccc(OC[C@@H](C)NC(=S)Nc2cccc(OC(C)C)c2)cc1. The van der Waals surface area contributed by atoms with Crippen LogP contribution in [0.2, 0.25) is 0 Å². The molecule has 2 N–H and O–H groups in total. The maximum Gasteiger partial charge on any atom is 0.171 e. The first-order valence-corrected chi connectivity index (χ1v) is 8.87. The molecule has 0 amide bonds. The first-order valence-electron chi connectivity index (χ1n) is 8.46. The number of ether oxygens (including phenoxy) is 2. The maximum atomic E-state index is 5.77. The summed E-state index contributed by atoms with van der Waals surface area (Å²) in [6.45, 7) is 8.62. The molecule has 0 aromatic heterocycles. The summed E-state index contributed by atoms with van der Waals surface area (Å²) in [6, 6.07) is 15.8. The molecule has 25 heavy (non-hydrogen) atoms. The van der Waals surface area contributed by atoms with Crippen molar-refractivity contribution in [2.45, 2.75) is 39.8 Å². The second-order valence-electron chi connectivity index (χ2n) is 6.32. The number of aryl methyl sites for hydroxylation is 1. The summed E-state index contributed by atoms with van der Waals surface area (Å²) >= 11 is 5.37. The Morgan fingerprint density at radius 3 is 2.44 bits per heavy atom. The predicted octanol–water partition coefficient (Wildman–Crippen LogP) is 4.54. The minimum absolute atomic E-state index is 0.0800. The predicted molar refractivity (Wildman–Crippen MR) is 108 cm³/mol. The average Bonchev–Trinajstić information content (AvgIpc) is 2.54. The van der Waals surface area contributed by atoms with Crippen molar-refractivity contribution in [1.29, 1.82) is 0 Å². The Bertz CT molecular complexity index is 686. The number of rotatable bonds is 7. The van der Waals surface area contributed by atoms with Crippen molar-refractivity contribution in [3.8, 4) is 11.5 Å². The van der Waals surface area contributed by atoms with Gasteiger partial charge in [0, 0.05) is 11.8 Å². The van der Waals surface area contributed by atoms with Crippen LogP contribution in [0.15, 0.2) is 48.5 Å². The Morgan fingerprint density at radius 2 is 1.76 bits per heavy atom. The second-order valence-corrected chi connectivity index (χ2v) is 6.73. The van der Waals surface area contributed by atoms with Crippen molar-refractivity contribution in [2.24, 2.45) is 0 Å². The fraction of sp³-hybridized carbons (Fsp3) is 0.350. The van der Waals surface area contributed by atoms with Gasteiger partial charge in [-0.15, -0.1) is 0 Å². The topological polar surface area (TPSA) is 42.5 Å². The lowest BCUT2D eigenvalue weighted by Gasteiger charge is -2.18. The smallest absolute Gasteiger partial charge is 0.171 e. The van der Waals surface area contributed by atoms with Crippen LogP contribution in [0.25, 0.3) is 0 Å². The van der Waals surface area contributed by atoms with Crippen molar-refractivity contribution in [1.82, 2.24) is 5.32 Å². The highest BCUT2D eigenvalue weighted by Gasteiger charge is 2.07. The first kappa shape index (κ1) is 19.1. The molecule has 0 bridgehead atoms. The van der Waals surface area contributed by atoms with Crippen LogP contribution in [0.4, 0.5) is 5.69 Å². The molecule has 5 heteroatoms. The van der Waals surface area contributed by atoms with Gasteiger partial charge in [-0.05, 0) is 64.2 Å². The number of nitrogens with one attached hydrogen (secondary N) is 2. The molecule has 0 aliphatic rings. The molecule has 4 nitrogen and oxygen atoms in total. The molecule has 1 atom stereocenters. The number of hydrogen-bond donors (Lipinski definition) is 2. The molecule has 0 spiro atoms. The average molecular weight is 359 g/mol. The number of thiocarbonyl (C=S) groups is 1. The van der Waals surface area contributed by atoms with Gasteiger partial charge < -0.3 is 20.1 Å². The van der Waals surface area contributed by atoms with E-state index < -0.39 is 0 Å². The Hall–Kier alpha value is -2.27. The number of anilines is 1. The summed E-state index contributed by atoms with van der Waals surface area (Å²) in [7, 11) is 0. The first-order chi connectivity index (χ1) is 11.9. The van der Waals surface area contributed by atoms with E-state index in [9.17, 15) is 0 Å². The summed E-state index contributed by atoms with van der Waals surface area (Å²) in [6.07, 6.45) is 0.138. The van der Waals surface area contributed by atoms with Gasteiger partial charge in [-0.2, -0.15) is 0 Å². The molecule has 0 unspecified atom stereocenters. The van der Waals surface area contributed by atoms with E-state index in [0.29, 0.717) is 11.7 Å². The summed E-state index contributed by atoms with van der Waals surface area (Å²) in [4.78, 5) is 0. The van der Waals surface area contributed by atoms with Crippen LogP contribution in [0.1, 0.15) is 26.3 Å². The largest absolute Gasteiger partial charge is 0.491 e. The zero-order valence-corrected chi connectivity index (χ0v) is 16.0. The fourth-order valence-corrected chi connectivity index (χ4v) is 2.53. The van der Waals surface area contributed by atoms with Gasteiger partial charge in [-0.3, -0.25) is 0 Å². The molecule has 2 aromatic carbocycles. The van der Waals surface area contributed by atoms with E-state index in [1.165, 1.54) is 5.56 Å². The molecule has 0 aliphatic heterocycles. The summed E-state index contributed by atoms with van der Waals surface area (Å²) < 4.78 is 11.5. The van der Waals surface area contributed by atoms with Crippen LogP contribution < -0.4 is 20.1 Å². The van der Waals surface area contributed by atoms with Crippen molar-refractivity contribution < 1.29 is 9.47 Å². The Kier molecular flexibility index (Phi) is 7.07. The minimum Gasteiger partial charge on any atom is -0.491 e. The third kappa shape index (κ3) is 7.01. The van der Waals surface area contributed by atoms with E-state index in [4.69, 9.17) is 21.7 Å². The highest BCUT2D eigenvalue weighted by Crippen LogP contribution is 2.18. The van der Waals surface area contributed by atoms with Gasteiger partial charge in [0.25, 0.3) is 0 Å². The van der Waals surface area contributed by atoms with Crippen LogP contribution in [0.5, 0.6) is 11.5 Å². The van der Waals surface area contributed by atoms with Crippen molar-refractivity contribution >= 4 is 23.0 Å². The molecule has 134 valence electrons. The molecule has 0 saturated carbocycles.